The van der Waals surface area contributed by atoms with Crippen molar-refractivity contribution in [2.24, 2.45) is 0 Å². The average molecular weight is 350 g/mol. The van der Waals surface area contributed by atoms with Crippen LogP contribution in [0.1, 0.15) is 48.5 Å². The number of anilines is 1. The number of benzene rings is 1. The summed E-state index contributed by atoms with van der Waals surface area (Å²) in [6, 6.07) is 9.40. The number of rotatable bonds is 4. The number of aromatic nitrogens is 2. The summed E-state index contributed by atoms with van der Waals surface area (Å²) in [6.45, 7) is 3.14. The van der Waals surface area contributed by atoms with Crippen molar-refractivity contribution in [1.29, 1.82) is 0 Å². The fraction of sp³-hybridized carbons (Fsp3) is 0.524. The molecule has 5 heteroatoms. The van der Waals surface area contributed by atoms with Gasteiger partial charge in [0.1, 0.15) is 5.75 Å². The van der Waals surface area contributed by atoms with E-state index >= 15 is 0 Å². The number of hydrogen-bond acceptors (Lipinski definition) is 5. The third-order valence-electron chi connectivity index (χ3n) is 6.25. The van der Waals surface area contributed by atoms with Crippen molar-refractivity contribution in [3.63, 3.8) is 0 Å². The SMILES string of the molecule is COc1ccccc1CN1[C@H]2CC[C@@H]1c1cnc(N3CCCC3)nc1C2. The van der Waals surface area contributed by atoms with Crippen LogP contribution in [0.4, 0.5) is 5.95 Å². The van der Waals surface area contributed by atoms with Crippen LogP contribution in [0.5, 0.6) is 5.75 Å². The smallest absolute Gasteiger partial charge is 0.225 e. The van der Waals surface area contributed by atoms with E-state index in [0.29, 0.717) is 12.1 Å². The zero-order valence-corrected chi connectivity index (χ0v) is 15.4. The van der Waals surface area contributed by atoms with Crippen LogP contribution < -0.4 is 9.64 Å². The van der Waals surface area contributed by atoms with Gasteiger partial charge in [-0.1, -0.05) is 18.2 Å². The molecule has 2 fully saturated rings. The number of nitrogens with zero attached hydrogens (tertiary/aromatic N) is 4. The first-order valence-electron chi connectivity index (χ1n) is 9.82. The minimum atomic E-state index is 0.446. The van der Waals surface area contributed by atoms with E-state index in [4.69, 9.17) is 14.7 Å². The second kappa shape index (κ2) is 6.54. The third kappa shape index (κ3) is 2.65. The van der Waals surface area contributed by atoms with Gasteiger partial charge >= 0.3 is 0 Å². The standard InChI is InChI=1S/C21H26N4O/c1-26-20-7-3-2-6-15(20)14-25-16-8-9-19(25)17-13-22-21(23-18(17)12-16)24-10-4-5-11-24/h2-3,6-7,13,16,19H,4-5,8-12,14H2,1H3/t16-,19+/m0/s1. The fourth-order valence-electron chi connectivity index (χ4n) is 4.91. The normalized spacial score (nSPS) is 24.7. The van der Waals surface area contributed by atoms with Crippen molar-refractivity contribution in [3.8, 4) is 5.75 Å². The second-order valence-corrected chi connectivity index (χ2v) is 7.70. The van der Waals surface area contributed by atoms with Crippen molar-refractivity contribution < 1.29 is 4.74 Å². The van der Waals surface area contributed by atoms with Crippen molar-refractivity contribution in [1.82, 2.24) is 14.9 Å². The molecule has 0 unspecified atom stereocenters. The summed E-state index contributed by atoms with van der Waals surface area (Å²) in [5, 5.41) is 0. The molecule has 2 aromatic rings. The van der Waals surface area contributed by atoms with Crippen LogP contribution in [-0.2, 0) is 13.0 Å². The van der Waals surface area contributed by atoms with E-state index in [-0.39, 0.29) is 0 Å². The highest BCUT2D eigenvalue weighted by Gasteiger charge is 2.41. The molecule has 0 aliphatic carbocycles. The molecule has 2 bridgehead atoms. The van der Waals surface area contributed by atoms with Crippen LogP contribution >= 0.6 is 0 Å². The Morgan fingerprint density at radius 3 is 2.85 bits per heavy atom. The Labute approximate surface area is 155 Å². The van der Waals surface area contributed by atoms with E-state index in [1.165, 1.54) is 42.5 Å². The average Bonchev–Trinajstić information content (AvgIpc) is 3.30. The Bertz CT molecular complexity index is 802. The lowest BCUT2D eigenvalue weighted by molar-refractivity contribution is 0.164. The summed E-state index contributed by atoms with van der Waals surface area (Å²) < 4.78 is 5.56. The Morgan fingerprint density at radius 1 is 1.15 bits per heavy atom. The van der Waals surface area contributed by atoms with Crippen LogP contribution in [0.25, 0.3) is 0 Å². The monoisotopic (exact) mass is 350 g/mol. The van der Waals surface area contributed by atoms with Crippen LogP contribution in [-0.4, -0.2) is 41.1 Å². The molecule has 3 aliphatic rings. The van der Waals surface area contributed by atoms with E-state index in [2.05, 4.69) is 34.2 Å². The molecule has 3 aliphatic heterocycles. The van der Waals surface area contributed by atoms with E-state index in [1.54, 1.807) is 7.11 Å². The van der Waals surface area contributed by atoms with Gasteiger partial charge in [0.25, 0.3) is 0 Å². The predicted molar refractivity (Wildman–Crippen MR) is 101 cm³/mol. The number of methoxy groups -OCH3 is 1. The molecule has 2 atom stereocenters. The summed E-state index contributed by atoms with van der Waals surface area (Å²) in [5.41, 5.74) is 3.90. The molecule has 136 valence electrons. The van der Waals surface area contributed by atoms with E-state index in [9.17, 15) is 0 Å². The van der Waals surface area contributed by atoms with Gasteiger partial charge in [-0.3, -0.25) is 4.90 Å². The zero-order valence-electron chi connectivity index (χ0n) is 15.4. The first-order valence-corrected chi connectivity index (χ1v) is 9.82. The Hall–Kier alpha value is -2.14. The van der Waals surface area contributed by atoms with Crippen molar-refractivity contribution in [3.05, 3.63) is 47.3 Å². The summed E-state index contributed by atoms with van der Waals surface area (Å²) in [7, 11) is 1.76. The Balaban J connectivity index is 1.42. The molecule has 0 spiro atoms. The lowest BCUT2D eigenvalue weighted by atomic mass is 9.98. The van der Waals surface area contributed by atoms with Gasteiger partial charge in [0.05, 0.1) is 12.8 Å². The summed E-state index contributed by atoms with van der Waals surface area (Å²) in [4.78, 5) is 14.7. The summed E-state index contributed by atoms with van der Waals surface area (Å²) in [6.07, 6.45) is 8.13. The quantitative estimate of drug-likeness (QED) is 0.846. The number of ether oxygens (including phenoxy) is 1. The fourth-order valence-corrected chi connectivity index (χ4v) is 4.91. The number of fused-ring (bicyclic) bond motifs is 4. The highest BCUT2D eigenvalue weighted by molar-refractivity contribution is 5.39. The lowest BCUT2D eigenvalue weighted by Crippen LogP contribution is -2.38. The van der Waals surface area contributed by atoms with Gasteiger partial charge in [0.2, 0.25) is 5.95 Å². The highest BCUT2D eigenvalue weighted by Crippen LogP contribution is 2.44. The van der Waals surface area contributed by atoms with Crippen LogP contribution in [0.2, 0.25) is 0 Å². The third-order valence-corrected chi connectivity index (χ3v) is 6.25. The number of para-hydroxylation sites is 1. The largest absolute Gasteiger partial charge is 0.496 e. The first-order chi connectivity index (χ1) is 12.8. The lowest BCUT2D eigenvalue weighted by Gasteiger charge is -2.36. The molecule has 1 aromatic carbocycles. The van der Waals surface area contributed by atoms with Gasteiger partial charge in [-0.25, -0.2) is 9.97 Å². The number of hydrogen-bond donors (Lipinski definition) is 0. The maximum atomic E-state index is 5.56. The van der Waals surface area contributed by atoms with Crippen LogP contribution in [0.3, 0.4) is 0 Å². The topological polar surface area (TPSA) is 41.5 Å². The Kier molecular flexibility index (Phi) is 4.04. The maximum absolute atomic E-state index is 5.56. The van der Waals surface area contributed by atoms with Gasteiger partial charge in [0, 0.05) is 55.5 Å². The molecule has 0 radical (unpaired) electrons. The predicted octanol–water partition coefficient (Wildman–Crippen LogP) is 3.35. The second-order valence-electron chi connectivity index (χ2n) is 7.70. The van der Waals surface area contributed by atoms with Crippen molar-refractivity contribution in [2.45, 2.75) is 50.7 Å². The van der Waals surface area contributed by atoms with Gasteiger partial charge in [0.15, 0.2) is 0 Å². The molecule has 0 saturated carbocycles. The van der Waals surface area contributed by atoms with Gasteiger partial charge in [-0.05, 0) is 31.7 Å². The molecule has 0 amide bonds. The maximum Gasteiger partial charge on any atom is 0.225 e. The van der Waals surface area contributed by atoms with E-state index < -0.39 is 0 Å². The molecule has 26 heavy (non-hydrogen) atoms. The molecular weight excluding hydrogens is 324 g/mol. The molecule has 1 aromatic heterocycles. The molecular formula is C21H26N4O. The summed E-state index contributed by atoms with van der Waals surface area (Å²) in [5.74, 6) is 1.93. The van der Waals surface area contributed by atoms with Crippen LogP contribution in [0.15, 0.2) is 30.5 Å². The molecule has 5 nitrogen and oxygen atoms in total. The highest BCUT2D eigenvalue weighted by atomic mass is 16.5. The van der Waals surface area contributed by atoms with Gasteiger partial charge in [-0.2, -0.15) is 0 Å². The van der Waals surface area contributed by atoms with Gasteiger partial charge in [-0.15, -0.1) is 0 Å². The van der Waals surface area contributed by atoms with Gasteiger partial charge < -0.3 is 9.64 Å². The van der Waals surface area contributed by atoms with E-state index in [1.807, 2.05) is 6.07 Å². The Morgan fingerprint density at radius 2 is 2.00 bits per heavy atom. The van der Waals surface area contributed by atoms with Crippen molar-refractivity contribution in [2.75, 3.05) is 25.1 Å². The molecule has 4 heterocycles. The minimum absolute atomic E-state index is 0.446. The van der Waals surface area contributed by atoms with Crippen LogP contribution in [0, 0.1) is 0 Å². The summed E-state index contributed by atoms with van der Waals surface area (Å²) >= 11 is 0. The van der Waals surface area contributed by atoms with E-state index in [0.717, 1.165) is 37.8 Å². The molecule has 5 rings (SSSR count). The molecule has 2 saturated heterocycles. The zero-order chi connectivity index (χ0) is 17.5. The first kappa shape index (κ1) is 16.1. The minimum Gasteiger partial charge on any atom is -0.496 e. The van der Waals surface area contributed by atoms with Crippen molar-refractivity contribution >= 4 is 5.95 Å². The molecule has 0 N–H and O–H groups in total.